The highest BCUT2D eigenvalue weighted by Crippen LogP contribution is 2.17. The van der Waals surface area contributed by atoms with Crippen LogP contribution in [0.1, 0.15) is 23.0 Å². The second-order valence-corrected chi connectivity index (χ2v) is 4.49. The molecular weight excluding hydrogens is 268 g/mol. The third-order valence-corrected chi connectivity index (χ3v) is 3.13. The Balaban J connectivity index is 2.10. The van der Waals surface area contributed by atoms with Gasteiger partial charge in [-0.05, 0) is 13.8 Å². The molecule has 0 bridgehead atoms. The van der Waals surface area contributed by atoms with Gasteiger partial charge in [-0.3, -0.25) is 0 Å². The lowest BCUT2D eigenvalue weighted by molar-refractivity contribution is 0.0524. The monoisotopic (exact) mass is 282 g/mol. The first-order chi connectivity index (χ1) is 10.2. The van der Waals surface area contributed by atoms with Crippen LogP contribution in [0.15, 0.2) is 36.5 Å². The minimum atomic E-state index is -0.402. The first kappa shape index (κ1) is 13.2. The van der Waals surface area contributed by atoms with Gasteiger partial charge in [0.05, 0.1) is 17.9 Å². The van der Waals surface area contributed by atoms with Crippen LogP contribution >= 0.6 is 0 Å². The van der Waals surface area contributed by atoms with Crippen LogP contribution in [0.4, 0.5) is 0 Å². The molecule has 2 aromatic heterocycles. The molecule has 6 heteroatoms. The van der Waals surface area contributed by atoms with E-state index in [2.05, 4.69) is 15.1 Å². The fourth-order valence-corrected chi connectivity index (χ4v) is 2.06. The van der Waals surface area contributed by atoms with Crippen LogP contribution in [-0.4, -0.2) is 32.2 Å². The van der Waals surface area contributed by atoms with Gasteiger partial charge >= 0.3 is 5.97 Å². The van der Waals surface area contributed by atoms with Crippen LogP contribution < -0.4 is 0 Å². The van der Waals surface area contributed by atoms with Gasteiger partial charge in [0.25, 0.3) is 5.78 Å². The molecule has 0 atom stereocenters. The quantitative estimate of drug-likeness (QED) is 0.689. The highest BCUT2D eigenvalue weighted by Gasteiger charge is 2.16. The zero-order valence-corrected chi connectivity index (χ0v) is 11.8. The summed E-state index contributed by atoms with van der Waals surface area (Å²) in [5.74, 6) is 0.632. The maximum absolute atomic E-state index is 11.9. The van der Waals surface area contributed by atoms with Crippen molar-refractivity contribution in [3.05, 3.63) is 47.8 Å². The van der Waals surface area contributed by atoms with Crippen LogP contribution in [0.2, 0.25) is 0 Å². The standard InChI is InChI=1S/C15H14N4O2/c1-3-21-14(20)12-9-16-15-17-13(18-19(15)10(12)2)11-7-5-4-6-8-11/h4-9H,3H2,1-2H3. The number of aryl methyl sites for hydroxylation is 1. The summed E-state index contributed by atoms with van der Waals surface area (Å²) in [5.41, 5.74) is 1.96. The molecule has 0 aliphatic rings. The topological polar surface area (TPSA) is 69.4 Å². The summed E-state index contributed by atoms with van der Waals surface area (Å²) in [6, 6.07) is 9.63. The van der Waals surface area contributed by atoms with E-state index in [4.69, 9.17) is 4.74 Å². The molecule has 6 nitrogen and oxygen atoms in total. The Morgan fingerprint density at radius 1 is 1.29 bits per heavy atom. The molecule has 0 amide bonds. The number of ether oxygens (including phenoxy) is 1. The molecule has 21 heavy (non-hydrogen) atoms. The summed E-state index contributed by atoms with van der Waals surface area (Å²) in [6.07, 6.45) is 1.48. The Kier molecular flexibility index (Phi) is 3.35. The zero-order chi connectivity index (χ0) is 14.8. The van der Waals surface area contributed by atoms with Crippen molar-refractivity contribution in [1.29, 1.82) is 0 Å². The third kappa shape index (κ3) is 2.35. The van der Waals surface area contributed by atoms with Gasteiger partial charge in [-0.15, -0.1) is 5.10 Å². The van der Waals surface area contributed by atoms with E-state index >= 15 is 0 Å². The van der Waals surface area contributed by atoms with Gasteiger partial charge < -0.3 is 4.74 Å². The summed E-state index contributed by atoms with van der Waals surface area (Å²) in [4.78, 5) is 20.4. The zero-order valence-electron chi connectivity index (χ0n) is 11.8. The number of fused-ring (bicyclic) bond motifs is 1. The van der Waals surface area contributed by atoms with Crippen molar-refractivity contribution >= 4 is 11.7 Å². The van der Waals surface area contributed by atoms with Crippen molar-refractivity contribution in [2.75, 3.05) is 6.61 Å². The predicted octanol–water partition coefficient (Wildman–Crippen LogP) is 2.28. The molecule has 3 rings (SSSR count). The Labute approximate surface area is 121 Å². The number of rotatable bonds is 3. The average molecular weight is 282 g/mol. The number of carbonyl (C=O) groups is 1. The molecule has 1 aromatic carbocycles. The Morgan fingerprint density at radius 2 is 2.05 bits per heavy atom. The van der Waals surface area contributed by atoms with Gasteiger partial charge in [-0.1, -0.05) is 30.3 Å². The number of hydrogen-bond donors (Lipinski definition) is 0. The van der Waals surface area contributed by atoms with Gasteiger partial charge in [-0.25, -0.2) is 14.3 Å². The molecule has 0 aliphatic heterocycles. The van der Waals surface area contributed by atoms with Gasteiger partial charge in [0.2, 0.25) is 0 Å². The molecule has 0 spiro atoms. The molecular formula is C15H14N4O2. The third-order valence-electron chi connectivity index (χ3n) is 3.13. The summed E-state index contributed by atoms with van der Waals surface area (Å²) in [7, 11) is 0. The molecule has 0 fully saturated rings. The lowest BCUT2D eigenvalue weighted by atomic mass is 10.2. The largest absolute Gasteiger partial charge is 0.462 e. The van der Waals surface area contributed by atoms with Crippen molar-refractivity contribution in [2.45, 2.75) is 13.8 Å². The highest BCUT2D eigenvalue weighted by molar-refractivity contribution is 5.90. The highest BCUT2D eigenvalue weighted by atomic mass is 16.5. The van der Waals surface area contributed by atoms with E-state index in [1.807, 2.05) is 30.3 Å². The predicted molar refractivity (Wildman–Crippen MR) is 76.9 cm³/mol. The van der Waals surface area contributed by atoms with E-state index in [0.29, 0.717) is 29.5 Å². The number of esters is 1. The second kappa shape index (κ2) is 5.32. The van der Waals surface area contributed by atoms with Crippen LogP contribution in [-0.2, 0) is 4.74 Å². The smallest absolute Gasteiger partial charge is 0.341 e. The van der Waals surface area contributed by atoms with Crippen molar-refractivity contribution in [1.82, 2.24) is 19.6 Å². The number of hydrogen-bond acceptors (Lipinski definition) is 5. The normalized spacial score (nSPS) is 10.8. The van der Waals surface area contributed by atoms with Gasteiger partial charge in [0.1, 0.15) is 0 Å². The molecule has 0 saturated carbocycles. The van der Waals surface area contributed by atoms with E-state index in [1.54, 1.807) is 18.4 Å². The first-order valence-corrected chi connectivity index (χ1v) is 6.65. The summed E-state index contributed by atoms with van der Waals surface area (Å²) in [5, 5.41) is 4.42. The molecule has 0 radical (unpaired) electrons. The van der Waals surface area contributed by atoms with E-state index in [1.165, 1.54) is 6.20 Å². The van der Waals surface area contributed by atoms with Crippen molar-refractivity contribution in [2.24, 2.45) is 0 Å². The Morgan fingerprint density at radius 3 is 2.76 bits per heavy atom. The SMILES string of the molecule is CCOC(=O)c1cnc2nc(-c3ccccc3)nn2c1C. The lowest BCUT2D eigenvalue weighted by Gasteiger charge is -2.05. The summed E-state index contributed by atoms with van der Waals surface area (Å²) >= 11 is 0. The van der Waals surface area contributed by atoms with Crippen molar-refractivity contribution in [3.8, 4) is 11.4 Å². The molecule has 0 saturated heterocycles. The van der Waals surface area contributed by atoms with E-state index in [0.717, 1.165) is 5.56 Å². The molecule has 2 heterocycles. The van der Waals surface area contributed by atoms with Crippen LogP contribution in [0, 0.1) is 6.92 Å². The summed E-state index contributed by atoms with van der Waals surface area (Å²) < 4.78 is 6.57. The van der Waals surface area contributed by atoms with Crippen LogP contribution in [0.5, 0.6) is 0 Å². The van der Waals surface area contributed by atoms with Crippen molar-refractivity contribution < 1.29 is 9.53 Å². The van der Waals surface area contributed by atoms with Gasteiger partial charge in [0.15, 0.2) is 5.82 Å². The van der Waals surface area contributed by atoms with Crippen LogP contribution in [0.3, 0.4) is 0 Å². The Bertz CT molecular complexity index is 796. The maximum Gasteiger partial charge on any atom is 0.341 e. The number of nitrogens with zero attached hydrogens (tertiary/aromatic N) is 4. The first-order valence-electron chi connectivity index (χ1n) is 6.65. The van der Waals surface area contributed by atoms with E-state index < -0.39 is 5.97 Å². The van der Waals surface area contributed by atoms with Crippen molar-refractivity contribution in [3.63, 3.8) is 0 Å². The minimum Gasteiger partial charge on any atom is -0.462 e. The van der Waals surface area contributed by atoms with Crippen LogP contribution in [0.25, 0.3) is 17.2 Å². The number of aromatic nitrogens is 4. The maximum atomic E-state index is 11.9. The molecule has 0 unspecified atom stereocenters. The number of carbonyl (C=O) groups excluding carboxylic acids is 1. The second-order valence-electron chi connectivity index (χ2n) is 4.49. The van der Waals surface area contributed by atoms with E-state index in [-0.39, 0.29) is 0 Å². The average Bonchev–Trinajstić information content (AvgIpc) is 2.94. The fourth-order valence-electron chi connectivity index (χ4n) is 2.06. The van der Waals surface area contributed by atoms with Gasteiger partial charge in [-0.2, -0.15) is 4.98 Å². The Hall–Kier alpha value is -2.76. The molecule has 106 valence electrons. The van der Waals surface area contributed by atoms with Gasteiger partial charge in [0, 0.05) is 11.8 Å². The minimum absolute atomic E-state index is 0.322. The van der Waals surface area contributed by atoms with E-state index in [9.17, 15) is 4.79 Å². The number of benzene rings is 1. The summed E-state index contributed by atoms with van der Waals surface area (Å²) in [6.45, 7) is 3.88. The molecule has 0 aliphatic carbocycles. The molecule has 3 aromatic rings. The fraction of sp³-hybridized carbons (Fsp3) is 0.200. The lowest BCUT2D eigenvalue weighted by Crippen LogP contribution is -2.11. The molecule has 0 N–H and O–H groups in total.